The molecule has 2 aliphatic heterocycles. The van der Waals surface area contributed by atoms with Crippen molar-refractivity contribution in [2.24, 2.45) is 5.92 Å². The van der Waals surface area contributed by atoms with E-state index in [1.54, 1.807) is 0 Å². The highest BCUT2D eigenvalue weighted by molar-refractivity contribution is 5.11. The number of rotatable bonds is 2. The Morgan fingerprint density at radius 2 is 1.63 bits per heavy atom. The van der Waals surface area contributed by atoms with E-state index >= 15 is 0 Å². The van der Waals surface area contributed by atoms with Crippen LogP contribution >= 0.6 is 0 Å². The molecule has 3 rings (SSSR count). The first-order valence-corrected chi connectivity index (χ1v) is 7.74. The molecule has 1 aliphatic carbocycles. The van der Waals surface area contributed by atoms with Crippen LogP contribution in [-0.2, 0) is 9.47 Å². The molecular weight excluding hydrogens is 240 g/mol. The molecule has 106 valence electrons. The van der Waals surface area contributed by atoms with Crippen LogP contribution in [-0.4, -0.2) is 43.0 Å². The van der Waals surface area contributed by atoms with Gasteiger partial charge < -0.3 is 9.47 Å². The smallest absolute Gasteiger partial charge is 0.160 e. The third-order valence-electron chi connectivity index (χ3n) is 5.06. The van der Waals surface area contributed by atoms with Crippen LogP contribution in [0.2, 0.25) is 0 Å². The minimum atomic E-state index is -0.199. The summed E-state index contributed by atoms with van der Waals surface area (Å²) in [5.74, 6) is 0.494. The monoisotopic (exact) mass is 264 g/mol. The SMILES string of the molecule is N#CC1(N2CCCCC2)CCC(C2OCCO2)CC1. The lowest BCUT2D eigenvalue weighted by Gasteiger charge is -2.45. The van der Waals surface area contributed by atoms with Crippen molar-refractivity contribution >= 4 is 0 Å². The van der Waals surface area contributed by atoms with Gasteiger partial charge in [0.25, 0.3) is 0 Å². The molecule has 2 saturated heterocycles. The van der Waals surface area contributed by atoms with Crippen molar-refractivity contribution in [3.05, 3.63) is 0 Å². The molecule has 0 spiro atoms. The van der Waals surface area contributed by atoms with E-state index in [0.29, 0.717) is 5.92 Å². The molecule has 0 aromatic rings. The van der Waals surface area contributed by atoms with E-state index in [2.05, 4.69) is 11.0 Å². The maximum Gasteiger partial charge on any atom is 0.160 e. The van der Waals surface area contributed by atoms with E-state index in [9.17, 15) is 5.26 Å². The molecule has 1 saturated carbocycles. The van der Waals surface area contributed by atoms with Gasteiger partial charge in [-0.15, -0.1) is 0 Å². The van der Waals surface area contributed by atoms with Crippen LogP contribution in [0.1, 0.15) is 44.9 Å². The average molecular weight is 264 g/mol. The van der Waals surface area contributed by atoms with Gasteiger partial charge in [0, 0.05) is 5.92 Å². The summed E-state index contributed by atoms with van der Waals surface area (Å²) in [4.78, 5) is 2.45. The Labute approximate surface area is 115 Å². The Morgan fingerprint density at radius 1 is 1.00 bits per heavy atom. The highest BCUT2D eigenvalue weighted by Crippen LogP contribution is 2.40. The molecule has 0 unspecified atom stereocenters. The Kier molecular flexibility index (Phi) is 4.07. The summed E-state index contributed by atoms with van der Waals surface area (Å²) in [5, 5.41) is 9.69. The molecule has 2 heterocycles. The number of piperidine rings is 1. The number of likely N-dealkylation sites (tertiary alicyclic amines) is 1. The van der Waals surface area contributed by atoms with Crippen LogP contribution in [0.25, 0.3) is 0 Å². The van der Waals surface area contributed by atoms with Crippen LogP contribution in [0.15, 0.2) is 0 Å². The molecular formula is C15H24N2O2. The van der Waals surface area contributed by atoms with Gasteiger partial charge >= 0.3 is 0 Å². The Bertz CT molecular complexity index is 333. The lowest BCUT2D eigenvalue weighted by atomic mass is 9.75. The normalized spacial score (nSPS) is 38.2. The molecule has 0 aromatic heterocycles. The first-order valence-electron chi connectivity index (χ1n) is 7.74. The summed E-state index contributed by atoms with van der Waals surface area (Å²) in [7, 11) is 0. The zero-order chi connectivity index (χ0) is 13.1. The summed E-state index contributed by atoms with van der Waals surface area (Å²) in [6.07, 6.45) is 7.92. The second-order valence-corrected chi connectivity index (χ2v) is 6.14. The summed E-state index contributed by atoms with van der Waals surface area (Å²) < 4.78 is 11.2. The van der Waals surface area contributed by atoms with Gasteiger partial charge in [-0.25, -0.2) is 0 Å². The van der Waals surface area contributed by atoms with E-state index in [0.717, 1.165) is 52.0 Å². The molecule has 3 fully saturated rings. The van der Waals surface area contributed by atoms with Crippen molar-refractivity contribution in [2.45, 2.75) is 56.8 Å². The fourth-order valence-electron chi connectivity index (χ4n) is 3.86. The van der Waals surface area contributed by atoms with Crippen molar-refractivity contribution < 1.29 is 9.47 Å². The first-order chi connectivity index (χ1) is 9.34. The van der Waals surface area contributed by atoms with E-state index < -0.39 is 0 Å². The fraction of sp³-hybridized carbons (Fsp3) is 0.933. The summed E-state index contributed by atoms with van der Waals surface area (Å²) in [5.41, 5.74) is -0.199. The van der Waals surface area contributed by atoms with Crippen molar-refractivity contribution in [3.63, 3.8) is 0 Å². The van der Waals surface area contributed by atoms with Gasteiger partial charge in [-0.2, -0.15) is 5.26 Å². The molecule has 0 radical (unpaired) electrons. The lowest BCUT2D eigenvalue weighted by molar-refractivity contribution is -0.101. The van der Waals surface area contributed by atoms with Gasteiger partial charge in [0.15, 0.2) is 6.29 Å². The Morgan fingerprint density at radius 3 is 2.21 bits per heavy atom. The minimum Gasteiger partial charge on any atom is -0.350 e. The molecule has 0 amide bonds. The predicted molar refractivity (Wildman–Crippen MR) is 71.4 cm³/mol. The zero-order valence-electron chi connectivity index (χ0n) is 11.6. The summed E-state index contributed by atoms with van der Waals surface area (Å²) in [6, 6.07) is 2.64. The van der Waals surface area contributed by atoms with Crippen molar-refractivity contribution in [3.8, 4) is 6.07 Å². The molecule has 4 heteroatoms. The van der Waals surface area contributed by atoms with Gasteiger partial charge in [0.2, 0.25) is 0 Å². The molecule has 4 nitrogen and oxygen atoms in total. The van der Waals surface area contributed by atoms with Gasteiger partial charge in [-0.1, -0.05) is 6.42 Å². The Balaban J connectivity index is 1.61. The summed E-state index contributed by atoms with van der Waals surface area (Å²) in [6.45, 7) is 3.68. The quantitative estimate of drug-likeness (QED) is 0.767. The molecule has 0 atom stereocenters. The molecule has 19 heavy (non-hydrogen) atoms. The van der Waals surface area contributed by atoms with E-state index in [1.807, 2.05) is 0 Å². The van der Waals surface area contributed by atoms with Gasteiger partial charge in [-0.3, -0.25) is 4.90 Å². The number of nitrogens with zero attached hydrogens (tertiary/aromatic N) is 2. The van der Waals surface area contributed by atoms with E-state index in [4.69, 9.17) is 9.47 Å². The van der Waals surface area contributed by atoms with Gasteiger partial charge in [-0.05, 0) is 51.6 Å². The fourth-order valence-corrected chi connectivity index (χ4v) is 3.86. The predicted octanol–water partition coefficient (Wildman–Crippen LogP) is 2.30. The van der Waals surface area contributed by atoms with Crippen molar-refractivity contribution in [2.75, 3.05) is 26.3 Å². The third-order valence-corrected chi connectivity index (χ3v) is 5.06. The second-order valence-electron chi connectivity index (χ2n) is 6.14. The topological polar surface area (TPSA) is 45.5 Å². The second kappa shape index (κ2) is 5.78. The van der Waals surface area contributed by atoms with E-state index in [-0.39, 0.29) is 11.8 Å². The molecule has 0 bridgehead atoms. The number of nitriles is 1. The van der Waals surface area contributed by atoms with Gasteiger partial charge in [0.1, 0.15) is 5.54 Å². The maximum atomic E-state index is 9.69. The number of hydrogen-bond donors (Lipinski definition) is 0. The van der Waals surface area contributed by atoms with Crippen LogP contribution in [0.5, 0.6) is 0 Å². The summed E-state index contributed by atoms with van der Waals surface area (Å²) >= 11 is 0. The largest absolute Gasteiger partial charge is 0.350 e. The zero-order valence-corrected chi connectivity index (χ0v) is 11.6. The highest BCUT2D eigenvalue weighted by atomic mass is 16.7. The van der Waals surface area contributed by atoms with Gasteiger partial charge in [0.05, 0.1) is 19.3 Å². The first kappa shape index (κ1) is 13.4. The number of ether oxygens (including phenoxy) is 2. The van der Waals surface area contributed by atoms with Crippen LogP contribution in [0, 0.1) is 17.2 Å². The third kappa shape index (κ3) is 2.65. The van der Waals surface area contributed by atoms with Crippen LogP contribution < -0.4 is 0 Å². The van der Waals surface area contributed by atoms with Crippen LogP contribution in [0.3, 0.4) is 0 Å². The number of hydrogen-bond acceptors (Lipinski definition) is 4. The molecule has 3 aliphatic rings. The van der Waals surface area contributed by atoms with Crippen molar-refractivity contribution in [1.82, 2.24) is 4.90 Å². The van der Waals surface area contributed by atoms with Crippen LogP contribution in [0.4, 0.5) is 0 Å². The maximum absolute atomic E-state index is 9.69. The Hall–Kier alpha value is -0.630. The van der Waals surface area contributed by atoms with Crippen molar-refractivity contribution in [1.29, 1.82) is 5.26 Å². The highest BCUT2D eigenvalue weighted by Gasteiger charge is 2.43. The lowest BCUT2D eigenvalue weighted by Crippen LogP contribution is -2.52. The van der Waals surface area contributed by atoms with E-state index in [1.165, 1.54) is 19.3 Å². The standard InChI is InChI=1S/C15H24N2O2/c16-12-15(17-8-2-1-3-9-17)6-4-13(5-7-15)14-18-10-11-19-14/h13-14H,1-11H2. The minimum absolute atomic E-state index is 0.00181. The average Bonchev–Trinajstić information content (AvgIpc) is 3.02. The molecule has 0 aromatic carbocycles. The molecule has 0 N–H and O–H groups in total.